The van der Waals surface area contributed by atoms with E-state index in [2.05, 4.69) is 12.2 Å². The molecule has 1 aromatic heterocycles. The van der Waals surface area contributed by atoms with Crippen LogP contribution in [0.4, 0.5) is 9.59 Å². The van der Waals surface area contributed by atoms with Crippen LogP contribution in [-0.4, -0.2) is 53.3 Å². The highest BCUT2D eigenvalue weighted by Crippen LogP contribution is 2.37. The zero-order chi connectivity index (χ0) is 31.8. The first-order valence-corrected chi connectivity index (χ1v) is 18.4. The highest BCUT2D eigenvalue weighted by atomic mass is 32.2. The number of carbonyl (C=O) groups excluding carboxylic acids is 3. The fraction of sp³-hybridized carbons (Fsp3) is 0.771. The van der Waals surface area contributed by atoms with Crippen LogP contribution in [0.5, 0.6) is 0 Å². The Morgan fingerprint density at radius 1 is 0.818 bits per heavy atom. The minimum absolute atomic E-state index is 0.145. The number of unbranched alkanes of at least 4 members (excludes halogenated alkanes) is 15. The number of hydrogen-bond acceptors (Lipinski definition) is 6. The molecule has 0 saturated carbocycles. The summed E-state index contributed by atoms with van der Waals surface area (Å²) in [4.78, 5) is 37.9. The smallest absolute Gasteiger partial charge is 0.417 e. The SMILES string of the molecule is CCCCCCCCCCCCCCCCCCNC(=O)OCC1CC(COC(=O)N(Cc2cccc[n+]2CC)C(C)=O)S1. The van der Waals surface area contributed by atoms with Crippen LogP contribution < -0.4 is 9.88 Å². The van der Waals surface area contributed by atoms with Crippen molar-refractivity contribution in [3.63, 3.8) is 0 Å². The van der Waals surface area contributed by atoms with Gasteiger partial charge >= 0.3 is 12.2 Å². The summed E-state index contributed by atoms with van der Waals surface area (Å²) in [7, 11) is 0. The molecule has 3 amide bonds. The molecule has 1 fully saturated rings. The van der Waals surface area contributed by atoms with Gasteiger partial charge in [-0.05, 0) is 19.8 Å². The molecule has 1 N–H and O–H groups in total. The number of ether oxygens (including phenoxy) is 2. The molecule has 2 rings (SSSR count). The Bertz CT molecular complexity index is 941. The summed E-state index contributed by atoms with van der Waals surface area (Å²) in [5.41, 5.74) is 0.866. The van der Waals surface area contributed by atoms with Gasteiger partial charge in [0, 0.05) is 36.1 Å². The first kappa shape index (κ1) is 37.9. The maximum Gasteiger partial charge on any atom is 0.417 e. The quantitative estimate of drug-likeness (QED) is 0.0908. The van der Waals surface area contributed by atoms with Gasteiger partial charge in [-0.2, -0.15) is 0 Å². The summed E-state index contributed by atoms with van der Waals surface area (Å²) in [6.07, 6.45) is 23.1. The van der Waals surface area contributed by atoms with Gasteiger partial charge < -0.3 is 14.8 Å². The third-order valence-corrected chi connectivity index (χ3v) is 9.73. The highest BCUT2D eigenvalue weighted by molar-refractivity contribution is 8.01. The van der Waals surface area contributed by atoms with Crippen LogP contribution in [0.25, 0.3) is 0 Å². The van der Waals surface area contributed by atoms with Gasteiger partial charge in [0.15, 0.2) is 6.20 Å². The third-order valence-electron chi connectivity index (χ3n) is 8.30. The zero-order valence-corrected chi connectivity index (χ0v) is 28.7. The molecular formula is C35H60N3O5S+. The highest BCUT2D eigenvalue weighted by Gasteiger charge is 2.33. The van der Waals surface area contributed by atoms with Crippen molar-refractivity contribution >= 4 is 29.9 Å². The van der Waals surface area contributed by atoms with E-state index in [0.717, 1.165) is 36.4 Å². The Kier molecular flexibility index (Phi) is 20.7. The van der Waals surface area contributed by atoms with Gasteiger partial charge in [0.25, 0.3) is 0 Å². The number of pyridine rings is 1. The van der Waals surface area contributed by atoms with E-state index in [9.17, 15) is 14.4 Å². The topological polar surface area (TPSA) is 88.8 Å². The number of imide groups is 1. The summed E-state index contributed by atoms with van der Waals surface area (Å²) in [5, 5.41) is 3.21. The van der Waals surface area contributed by atoms with Crippen molar-refractivity contribution in [1.29, 1.82) is 0 Å². The van der Waals surface area contributed by atoms with E-state index in [1.54, 1.807) is 11.8 Å². The van der Waals surface area contributed by atoms with E-state index in [1.165, 1.54) is 96.8 Å². The van der Waals surface area contributed by atoms with Gasteiger partial charge in [-0.3, -0.25) is 4.79 Å². The predicted molar refractivity (Wildman–Crippen MR) is 179 cm³/mol. The van der Waals surface area contributed by atoms with E-state index in [1.807, 2.05) is 35.9 Å². The first-order chi connectivity index (χ1) is 21.4. The molecule has 0 aromatic carbocycles. The van der Waals surface area contributed by atoms with Crippen molar-refractivity contribution in [2.75, 3.05) is 19.8 Å². The Labute approximate surface area is 271 Å². The van der Waals surface area contributed by atoms with E-state index in [-0.39, 0.29) is 35.7 Å². The predicted octanol–water partition coefficient (Wildman–Crippen LogP) is 8.34. The van der Waals surface area contributed by atoms with Gasteiger partial charge in [0.1, 0.15) is 26.3 Å². The fourth-order valence-corrected chi connectivity index (χ4v) is 6.69. The maximum absolute atomic E-state index is 12.6. The Morgan fingerprint density at radius 2 is 1.34 bits per heavy atom. The Hall–Kier alpha value is -2.29. The second-order valence-electron chi connectivity index (χ2n) is 12.1. The lowest BCUT2D eigenvalue weighted by atomic mass is 10.0. The average Bonchev–Trinajstić information content (AvgIpc) is 3.00. The first-order valence-electron chi connectivity index (χ1n) is 17.4. The van der Waals surface area contributed by atoms with E-state index >= 15 is 0 Å². The number of aryl methyl sites for hydroxylation is 1. The van der Waals surface area contributed by atoms with E-state index in [0.29, 0.717) is 13.2 Å². The van der Waals surface area contributed by atoms with Gasteiger partial charge in [-0.15, -0.1) is 11.8 Å². The molecule has 1 aromatic rings. The number of thioether (sulfide) groups is 1. The Morgan fingerprint density at radius 3 is 1.86 bits per heavy atom. The monoisotopic (exact) mass is 634 g/mol. The van der Waals surface area contributed by atoms with Crippen molar-refractivity contribution in [2.45, 2.75) is 154 Å². The lowest BCUT2D eigenvalue weighted by Gasteiger charge is -2.34. The molecule has 0 aliphatic carbocycles. The van der Waals surface area contributed by atoms with Crippen molar-refractivity contribution in [3.8, 4) is 0 Å². The Balaban J connectivity index is 1.40. The van der Waals surface area contributed by atoms with Crippen LogP contribution in [0.15, 0.2) is 24.4 Å². The minimum atomic E-state index is -0.627. The largest absolute Gasteiger partial charge is 0.448 e. The van der Waals surface area contributed by atoms with Crippen LogP contribution in [0.1, 0.15) is 136 Å². The van der Waals surface area contributed by atoms with Crippen LogP contribution in [0.2, 0.25) is 0 Å². The number of amides is 3. The average molecular weight is 635 g/mol. The molecule has 1 saturated heterocycles. The normalized spacial score (nSPS) is 15.8. The number of nitrogens with one attached hydrogen (secondary N) is 1. The molecular weight excluding hydrogens is 574 g/mol. The molecule has 2 heterocycles. The van der Waals surface area contributed by atoms with Crippen molar-refractivity contribution in [2.24, 2.45) is 0 Å². The molecule has 250 valence electrons. The van der Waals surface area contributed by atoms with E-state index in [4.69, 9.17) is 9.47 Å². The number of alkyl carbamates (subject to hydrolysis) is 1. The molecule has 1 aliphatic heterocycles. The molecule has 0 radical (unpaired) electrons. The van der Waals surface area contributed by atoms with Crippen LogP contribution in [0.3, 0.4) is 0 Å². The summed E-state index contributed by atoms with van der Waals surface area (Å²) in [5.74, 6) is -0.348. The second kappa shape index (κ2) is 24.0. The number of carbonyl (C=O) groups is 3. The van der Waals surface area contributed by atoms with E-state index < -0.39 is 6.09 Å². The molecule has 8 nitrogen and oxygen atoms in total. The summed E-state index contributed by atoms with van der Waals surface area (Å²) < 4.78 is 12.8. The molecule has 0 bridgehead atoms. The lowest BCUT2D eigenvalue weighted by molar-refractivity contribution is -0.701. The molecule has 2 atom stereocenters. The molecule has 0 spiro atoms. The van der Waals surface area contributed by atoms with Gasteiger partial charge in [-0.25, -0.2) is 19.1 Å². The minimum Gasteiger partial charge on any atom is -0.448 e. The van der Waals surface area contributed by atoms with Gasteiger partial charge in [-0.1, -0.05) is 109 Å². The summed E-state index contributed by atoms with van der Waals surface area (Å²) in [6.45, 7) is 7.82. The summed E-state index contributed by atoms with van der Waals surface area (Å²) >= 11 is 1.65. The molecule has 2 unspecified atom stereocenters. The van der Waals surface area contributed by atoms with Crippen LogP contribution in [-0.2, 0) is 27.4 Å². The van der Waals surface area contributed by atoms with Crippen LogP contribution in [0, 0.1) is 0 Å². The van der Waals surface area contributed by atoms with Gasteiger partial charge in [0.2, 0.25) is 11.6 Å². The lowest BCUT2D eigenvalue weighted by Crippen LogP contribution is -2.44. The number of nitrogens with zero attached hydrogens (tertiary/aromatic N) is 2. The fourth-order valence-electron chi connectivity index (χ4n) is 5.52. The standard InChI is InChI=1S/C35H59N3O5S/c1-4-6-7-8-9-10-11-12-13-14-15-16-17-18-19-21-24-36-34(40)42-28-32-26-33(44-32)29-43-35(41)38(30(3)39)27-31-23-20-22-25-37(31)5-2/h20,22-23,25,32-33H,4-19,21,24,26-29H2,1-3H3/p+1. The van der Waals surface area contributed by atoms with Crippen LogP contribution >= 0.6 is 11.8 Å². The maximum atomic E-state index is 12.6. The number of rotatable bonds is 24. The van der Waals surface area contributed by atoms with Gasteiger partial charge in [0.05, 0.1) is 0 Å². The molecule has 1 aliphatic rings. The molecule has 9 heteroatoms. The molecule has 44 heavy (non-hydrogen) atoms. The number of aromatic nitrogens is 1. The van der Waals surface area contributed by atoms with Crippen molar-refractivity contribution in [3.05, 3.63) is 30.1 Å². The summed E-state index contributed by atoms with van der Waals surface area (Å²) in [6, 6.07) is 5.71. The number of hydrogen-bond donors (Lipinski definition) is 1. The van der Waals surface area contributed by atoms with Crippen molar-refractivity contribution in [1.82, 2.24) is 10.2 Å². The third kappa shape index (κ3) is 16.7. The van der Waals surface area contributed by atoms with Crippen molar-refractivity contribution < 1.29 is 28.4 Å². The second-order valence-corrected chi connectivity index (χ2v) is 13.7. The zero-order valence-electron chi connectivity index (χ0n) is 27.9.